The number of hydrogen-bond acceptors (Lipinski definition) is 8. The van der Waals surface area contributed by atoms with Gasteiger partial charge in [-0.15, -0.1) is 0 Å². The molecule has 0 saturated heterocycles. The van der Waals surface area contributed by atoms with Gasteiger partial charge in [-0.3, -0.25) is 19.3 Å². The highest BCUT2D eigenvalue weighted by Gasteiger charge is 2.70. The van der Waals surface area contributed by atoms with E-state index < -0.39 is 17.1 Å². The zero-order valence-corrected chi connectivity index (χ0v) is 41.1. The fourth-order valence-electron chi connectivity index (χ4n) is 14.2. The minimum atomic E-state index is -0.987. The van der Waals surface area contributed by atoms with Crippen molar-refractivity contribution in [3.05, 3.63) is 46.0 Å². The van der Waals surface area contributed by atoms with Gasteiger partial charge in [0.05, 0.1) is 17.9 Å². The third kappa shape index (κ3) is 9.19. The van der Waals surface area contributed by atoms with Gasteiger partial charge < -0.3 is 19.5 Å². The van der Waals surface area contributed by atoms with Crippen LogP contribution in [0.25, 0.3) is 0 Å². The average Bonchev–Trinajstić information content (AvgIpc) is 3.48. The van der Waals surface area contributed by atoms with Gasteiger partial charge in [0, 0.05) is 43.0 Å². The topological polar surface area (TPSA) is 96.4 Å². The van der Waals surface area contributed by atoms with E-state index in [1.807, 2.05) is 32.9 Å². The van der Waals surface area contributed by atoms with E-state index in [1.54, 1.807) is 13.8 Å². The summed E-state index contributed by atoms with van der Waals surface area (Å²) < 4.78 is 12.1. The lowest BCUT2D eigenvalue weighted by Crippen LogP contribution is -2.66. The molecule has 0 aliphatic heterocycles. The molecule has 2 unspecified atom stereocenters. The summed E-state index contributed by atoms with van der Waals surface area (Å²) in [4.78, 5) is 45.4. The highest BCUT2D eigenvalue weighted by molar-refractivity contribution is 6.30. The Labute approximate surface area is 374 Å². The molecule has 0 bridgehead atoms. The first kappa shape index (κ1) is 48.2. The smallest absolute Gasteiger partial charge is 0.312 e. The molecule has 1 aromatic rings. The van der Waals surface area contributed by atoms with E-state index in [-0.39, 0.29) is 63.9 Å². The molecular weight excluding hydrogens is 784 g/mol. The van der Waals surface area contributed by atoms with Gasteiger partial charge in [0.15, 0.2) is 5.78 Å². The highest BCUT2D eigenvalue weighted by Crippen LogP contribution is 2.76. The number of carbonyl (C=O) groups is 3. The first-order chi connectivity index (χ1) is 28.1. The van der Waals surface area contributed by atoms with Crippen molar-refractivity contribution in [3.63, 3.8) is 0 Å². The molecule has 342 valence electrons. The van der Waals surface area contributed by atoms with Crippen molar-refractivity contribution in [1.82, 2.24) is 9.80 Å². The summed E-state index contributed by atoms with van der Waals surface area (Å²) in [6, 6.07) is 8.06. The molecule has 6 rings (SSSR count). The summed E-state index contributed by atoms with van der Waals surface area (Å²) in [7, 11) is 4.19. The predicted molar refractivity (Wildman–Crippen MR) is 245 cm³/mol. The Balaban J connectivity index is 1.27. The summed E-state index contributed by atoms with van der Waals surface area (Å²) >= 11 is 6.27. The van der Waals surface area contributed by atoms with E-state index in [2.05, 4.69) is 84.5 Å². The first-order valence-electron chi connectivity index (χ1n) is 23.6. The molecule has 4 fully saturated rings. The number of benzene rings is 1. The van der Waals surface area contributed by atoms with E-state index in [9.17, 15) is 19.5 Å². The molecule has 9 heteroatoms. The van der Waals surface area contributed by atoms with Crippen LogP contribution in [-0.4, -0.2) is 84.2 Å². The zero-order valence-electron chi connectivity index (χ0n) is 40.4. The zero-order chi connectivity index (χ0) is 45.2. The van der Waals surface area contributed by atoms with Gasteiger partial charge in [-0.25, -0.2) is 0 Å². The van der Waals surface area contributed by atoms with Crippen molar-refractivity contribution in [2.24, 2.45) is 62.6 Å². The minimum Gasteiger partial charge on any atom is -0.462 e. The second kappa shape index (κ2) is 17.3. The number of allylic oxidation sites excluding steroid dienone is 2. The Morgan fingerprint density at radius 2 is 1.56 bits per heavy atom. The molecule has 61 heavy (non-hydrogen) atoms. The average molecular weight is 866 g/mol. The van der Waals surface area contributed by atoms with Crippen LogP contribution in [-0.2, 0) is 30.4 Å². The first-order valence-corrected chi connectivity index (χ1v) is 24.0. The SMILES string of the molecule is CC(C)C1=C2C(CC1=O)C([C@@H](O)CN(CCN(C)C)Cc1ccc(Cl)cc1)C[C@]1(C)[C@@H]2CC[C@@H]2[C@@]3(C)CC[C@H](OC(=O)CC(C)(C)C(=O)OC(C)(C)C)C(C)(C)[C@@H]3CC[C@]21C. The lowest BCUT2D eigenvalue weighted by molar-refractivity contribution is -0.237. The van der Waals surface area contributed by atoms with Crippen LogP contribution in [0.3, 0.4) is 0 Å². The summed E-state index contributed by atoms with van der Waals surface area (Å²) in [6.45, 7) is 28.8. The number of ether oxygens (including phenoxy) is 2. The van der Waals surface area contributed by atoms with Gasteiger partial charge in [0.25, 0.3) is 0 Å². The molecule has 5 aliphatic rings. The van der Waals surface area contributed by atoms with Crippen LogP contribution in [0.4, 0.5) is 0 Å². The molecule has 8 nitrogen and oxygen atoms in total. The quantitative estimate of drug-likeness (QED) is 0.196. The van der Waals surface area contributed by atoms with Crippen molar-refractivity contribution >= 4 is 29.3 Å². The van der Waals surface area contributed by atoms with Crippen LogP contribution in [0.5, 0.6) is 0 Å². The van der Waals surface area contributed by atoms with Crippen LogP contribution < -0.4 is 0 Å². The van der Waals surface area contributed by atoms with Crippen LogP contribution in [0.1, 0.15) is 146 Å². The Morgan fingerprint density at radius 3 is 2.16 bits per heavy atom. The number of Topliss-reactive ketones (excluding diaryl/α,β-unsaturated/α-hetero) is 1. The van der Waals surface area contributed by atoms with Gasteiger partial charge in [-0.05, 0) is 169 Å². The number of likely N-dealkylation sites (N-methyl/N-ethyl adjacent to an activating group) is 1. The Kier molecular flexibility index (Phi) is 13.6. The number of fused-ring (bicyclic) bond motifs is 7. The monoisotopic (exact) mass is 865 g/mol. The summed E-state index contributed by atoms with van der Waals surface area (Å²) in [6.07, 6.45) is 6.69. The lowest BCUT2D eigenvalue weighted by Gasteiger charge is -2.72. The number of aliphatic hydroxyl groups excluding tert-OH is 1. The Bertz CT molecular complexity index is 1830. The number of halogens is 1. The molecule has 5 aliphatic carbocycles. The van der Waals surface area contributed by atoms with Crippen LogP contribution in [0, 0.1) is 62.6 Å². The number of esters is 2. The summed E-state index contributed by atoms with van der Waals surface area (Å²) in [5.74, 6) is 0.947. The Hall–Kier alpha value is -2.26. The molecular formula is C52H81ClN2O6. The number of nitrogens with zero attached hydrogens (tertiary/aromatic N) is 2. The standard InChI is InChI=1S/C52H81ClN2O6/c1-32(2)44-38(56)27-35-36(39(57)31-55(26-25-54(13)14)30-33-15-17-34(53)18-16-33)28-52(12)37(45(35)44)19-20-41-50(10)23-22-42(49(8,9)40(50)21-24-51(41,52)11)60-43(58)29-48(6,7)46(59)61-47(3,4)5/h15-18,32,35-37,39-42,57H,19-31H2,1-14H3/t35?,36?,37-,39+,40+,41-,42+,50+,51-,52-/m1/s1. The van der Waals surface area contributed by atoms with Crippen molar-refractivity contribution in [2.75, 3.05) is 33.7 Å². The molecule has 4 saturated carbocycles. The highest BCUT2D eigenvalue weighted by atomic mass is 35.5. The molecule has 1 aromatic carbocycles. The van der Waals surface area contributed by atoms with E-state index in [4.69, 9.17) is 21.1 Å². The number of carbonyl (C=O) groups excluding carboxylic acids is 3. The van der Waals surface area contributed by atoms with Crippen molar-refractivity contribution in [1.29, 1.82) is 0 Å². The van der Waals surface area contributed by atoms with Crippen LogP contribution in [0.2, 0.25) is 5.02 Å². The number of ketones is 1. The fraction of sp³-hybridized carbons (Fsp3) is 0.788. The lowest BCUT2D eigenvalue weighted by atomic mass is 9.33. The molecule has 0 amide bonds. The predicted octanol–water partition coefficient (Wildman–Crippen LogP) is 10.6. The van der Waals surface area contributed by atoms with Crippen molar-refractivity contribution < 1.29 is 29.0 Å². The number of aliphatic hydroxyl groups is 1. The molecule has 0 heterocycles. The van der Waals surface area contributed by atoms with Gasteiger partial charge in [-0.1, -0.05) is 77.8 Å². The maximum absolute atomic E-state index is 14.1. The van der Waals surface area contributed by atoms with Gasteiger partial charge in [-0.2, -0.15) is 0 Å². The molecule has 0 radical (unpaired) electrons. The third-order valence-electron chi connectivity index (χ3n) is 17.3. The number of hydrogen-bond donors (Lipinski definition) is 1. The minimum absolute atomic E-state index is 0.00418. The molecule has 0 aromatic heterocycles. The maximum atomic E-state index is 14.1. The maximum Gasteiger partial charge on any atom is 0.312 e. The van der Waals surface area contributed by atoms with Crippen molar-refractivity contribution in [3.8, 4) is 0 Å². The van der Waals surface area contributed by atoms with Gasteiger partial charge in [0.2, 0.25) is 0 Å². The normalized spacial score (nSPS) is 34.2. The van der Waals surface area contributed by atoms with E-state index in [1.165, 1.54) is 11.1 Å². The van der Waals surface area contributed by atoms with E-state index in [0.717, 1.165) is 75.2 Å². The summed E-state index contributed by atoms with van der Waals surface area (Å²) in [5.41, 5.74) is 1.70. The van der Waals surface area contributed by atoms with Gasteiger partial charge >= 0.3 is 11.9 Å². The third-order valence-corrected chi connectivity index (χ3v) is 17.5. The Morgan fingerprint density at radius 1 is 0.902 bits per heavy atom. The van der Waals surface area contributed by atoms with Gasteiger partial charge in [0.1, 0.15) is 11.7 Å². The van der Waals surface area contributed by atoms with Crippen LogP contribution >= 0.6 is 11.6 Å². The second-order valence-corrected chi connectivity index (χ2v) is 24.3. The summed E-state index contributed by atoms with van der Waals surface area (Å²) in [5, 5.41) is 13.4. The van der Waals surface area contributed by atoms with E-state index >= 15 is 0 Å². The largest absolute Gasteiger partial charge is 0.462 e. The van der Waals surface area contributed by atoms with E-state index in [0.29, 0.717) is 36.5 Å². The fourth-order valence-corrected chi connectivity index (χ4v) is 14.3. The number of rotatable bonds is 13. The molecule has 0 spiro atoms. The second-order valence-electron chi connectivity index (χ2n) is 23.9. The van der Waals surface area contributed by atoms with Crippen LogP contribution in [0.15, 0.2) is 35.4 Å². The molecule has 10 atom stereocenters. The molecule has 1 N–H and O–H groups in total. The van der Waals surface area contributed by atoms with Crippen molar-refractivity contribution in [2.45, 2.75) is 165 Å².